The monoisotopic (exact) mass is 299 g/mol. The van der Waals surface area contributed by atoms with E-state index in [4.69, 9.17) is 0 Å². The Morgan fingerprint density at radius 1 is 1.56 bits per heavy atom. The van der Waals surface area contributed by atoms with Gasteiger partial charge in [-0.05, 0) is 28.4 Å². The Bertz CT molecular complexity index is 399. The van der Waals surface area contributed by atoms with E-state index in [1.54, 1.807) is 0 Å². The number of hydrogen-bond donors (Lipinski definition) is 1. The first-order valence-electron chi connectivity index (χ1n) is 5.60. The molecule has 1 N–H and O–H groups in total. The van der Waals surface area contributed by atoms with Gasteiger partial charge >= 0.3 is 0 Å². The third-order valence-electron chi connectivity index (χ3n) is 3.13. The van der Waals surface area contributed by atoms with Gasteiger partial charge in [0.25, 0.3) is 0 Å². The molecule has 2 aliphatic heterocycles. The summed E-state index contributed by atoms with van der Waals surface area (Å²) in [7, 11) is 0. The Morgan fingerprint density at radius 3 is 3.44 bits per heavy atom. The maximum absolute atomic E-state index is 4.59. The minimum atomic E-state index is 0.621. The van der Waals surface area contributed by atoms with E-state index in [9.17, 15) is 0 Å². The molecule has 5 heteroatoms. The molecule has 0 aliphatic carbocycles. The van der Waals surface area contributed by atoms with Gasteiger partial charge in [0.2, 0.25) is 0 Å². The van der Waals surface area contributed by atoms with Crippen LogP contribution < -0.4 is 10.2 Å². The van der Waals surface area contributed by atoms with Gasteiger partial charge in [0.05, 0.1) is 4.90 Å². The van der Waals surface area contributed by atoms with E-state index in [-0.39, 0.29) is 0 Å². The van der Waals surface area contributed by atoms with Crippen LogP contribution in [0.1, 0.15) is 6.42 Å². The van der Waals surface area contributed by atoms with Gasteiger partial charge in [-0.1, -0.05) is 0 Å². The first kappa shape index (κ1) is 10.9. The van der Waals surface area contributed by atoms with E-state index in [2.05, 4.69) is 37.2 Å². The Balaban J connectivity index is 2.00. The zero-order valence-electron chi connectivity index (χ0n) is 8.95. The average molecular weight is 300 g/mol. The van der Waals surface area contributed by atoms with E-state index < -0.39 is 0 Å². The maximum Gasteiger partial charge on any atom is 0.142 e. The van der Waals surface area contributed by atoms with Crippen molar-refractivity contribution in [2.24, 2.45) is 0 Å². The fourth-order valence-electron chi connectivity index (χ4n) is 2.34. The predicted molar refractivity (Wildman–Crippen MR) is 71.3 cm³/mol. The number of pyridine rings is 1. The molecular weight excluding hydrogens is 286 g/mol. The molecule has 0 saturated carbocycles. The highest BCUT2D eigenvalue weighted by atomic mass is 79.9. The van der Waals surface area contributed by atoms with Crippen LogP contribution >= 0.6 is 27.7 Å². The number of hydrogen-bond acceptors (Lipinski definition) is 4. The van der Waals surface area contributed by atoms with Crippen LogP contribution in [0.15, 0.2) is 21.6 Å². The topological polar surface area (TPSA) is 28.2 Å². The normalized spacial score (nSPS) is 24.6. The molecule has 0 bridgehead atoms. The van der Waals surface area contributed by atoms with E-state index >= 15 is 0 Å². The number of nitrogens with one attached hydrogen (secondary N) is 1. The number of nitrogens with zero attached hydrogens (tertiary/aromatic N) is 2. The number of piperazine rings is 1. The lowest BCUT2D eigenvalue weighted by Gasteiger charge is -2.36. The van der Waals surface area contributed by atoms with Crippen LogP contribution in [0.4, 0.5) is 5.82 Å². The third kappa shape index (κ3) is 1.96. The molecule has 1 atom stereocenters. The molecule has 0 aromatic carbocycles. The highest BCUT2D eigenvalue weighted by molar-refractivity contribution is 9.10. The van der Waals surface area contributed by atoms with Crippen LogP contribution in [0.2, 0.25) is 0 Å². The molecule has 3 nitrogen and oxygen atoms in total. The fourth-order valence-corrected chi connectivity index (χ4v) is 3.94. The second-order valence-electron chi connectivity index (χ2n) is 4.16. The zero-order chi connectivity index (χ0) is 11.0. The van der Waals surface area contributed by atoms with Gasteiger partial charge in [-0.25, -0.2) is 4.98 Å². The number of halogens is 1. The lowest BCUT2D eigenvalue weighted by atomic mass is 10.1. The Morgan fingerprint density at radius 2 is 2.50 bits per heavy atom. The van der Waals surface area contributed by atoms with Crippen molar-refractivity contribution in [2.45, 2.75) is 17.4 Å². The first-order valence-corrected chi connectivity index (χ1v) is 7.38. The van der Waals surface area contributed by atoms with Crippen LogP contribution in [0.3, 0.4) is 0 Å². The Kier molecular flexibility index (Phi) is 3.09. The van der Waals surface area contributed by atoms with Gasteiger partial charge in [0.1, 0.15) is 5.82 Å². The lowest BCUT2D eigenvalue weighted by Crippen LogP contribution is -2.51. The minimum Gasteiger partial charge on any atom is -0.350 e. The molecule has 1 saturated heterocycles. The van der Waals surface area contributed by atoms with Gasteiger partial charge in [0.15, 0.2) is 0 Å². The smallest absolute Gasteiger partial charge is 0.142 e. The summed E-state index contributed by atoms with van der Waals surface area (Å²) in [4.78, 5) is 8.38. The maximum atomic E-state index is 4.59. The molecule has 1 aromatic heterocycles. The highest BCUT2D eigenvalue weighted by Gasteiger charge is 2.27. The highest BCUT2D eigenvalue weighted by Crippen LogP contribution is 2.36. The molecule has 3 rings (SSSR count). The summed E-state index contributed by atoms with van der Waals surface area (Å²) in [5, 5.41) is 3.47. The number of thioether (sulfide) groups is 1. The standard InChI is InChI=1S/C11H14BrN3S/c12-8-5-10-11(14-6-8)15-3-2-13-7-9(15)1-4-16-10/h5-6,9,13H,1-4,7H2/t9-/m1/s1. The molecule has 86 valence electrons. The molecule has 2 aliphatic rings. The van der Waals surface area contributed by atoms with Crippen molar-refractivity contribution in [1.82, 2.24) is 10.3 Å². The quantitative estimate of drug-likeness (QED) is 0.794. The van der Waals surface area contributed by atoms with Gasteiger partial charge in [-0.3, -0.25) is 0 Å². The fraction of sp³-hybridized carbons (Fsp3) is 0.545. The number of rotatable bonds is 0. The van der Waals surface area contributed by atoms with Gasteiger partial charge in [-0.2, -0.15) is 0 Å². The summed E-state index contributed by atoms with van der Waals surface area (Å²) < 4.78 is 1.08. The molecular formula is C11H14BrN3S. The summed E-state index contributed by atoms with van der Waals surface area (Å²) in [6.45, 7) is 3.24. The minimum absolute atomic E-state index is 0.621. The van der Waals surface area contributed by atoms with Crippen LogP contribution in [0.25, 0.3) is 0 Å². The molecule has 1 aromatic rings. The summed E-state index contributed by atoms with van der Waals surface area (Å²) in [5.41, 5.74) is 0. The number of aromatic nitrogens is 1. The summed E-state index contributed by atoms with van der Waals surface area (Å²) >= 11 is 5.42. The SMILES string of the molecule is Brc1cnc2c(c1)SCC[C@@H]1CNCCN21. The average Bonchev–Trinajstić information content (AvgIpc) is 2.47. The second-order valence-corrected chi connectivity index (χ2v) is 6.22. The first-order chi connectivity index (χ1) is 7.84. The van der Waals surface area contributed by atoms with Crippen molar-refractivity contribution in [2.75, 3.05) is 30.3 Å². The molecule has 0 spiro atoms. The van der Waals surface area contributed by atoms with E-state index in [1.807, 2.05) is 18.0 Å². The summed E-state index contributed by atoms with van der Waals surface area (Å²) in [6.07, 6.45) is 3.15. The van der Waals surface area contributed by atoms with Crippen molar-refractivity contribution in [3.05, 3.63) is 16.7 Å². The summed E-state index contributed by atoms with van der Waals surface area (Å²) in [5.74, 6) is 2.37. The Hall–Kier alpha value is -0.260. The van der Waals surface area contributed by atoms with Crippen molar-refractivity contribution in [1.29, 1.82) is 0 Å². The summed E-state index contributed by atoms with van der Waals surface area (Å²) in [6, 6.07) is 2.81. The van der Waals surface area contributed by atoms with E-state index in [0.717, 1.165) is 24.1 Å². The van der Waals surface area contributed by atoms with E-state index in [0.29, 0.717) is 6.04 Å². The molecule has 0 unspecified atom stereocenters. The largest absolute Gasteiger partial charge is 0.350 e. The van der Waals surface area contributed by atoms with Crippen LogP contribution in [-0.2, 0) is 0 Å². The van der Waals surface area contributed by atoms with Gasteiger partial charge in [0, 0.05) is 42.1 Å². The molecule has 0 radical (unpaired) electrons. The molecule has 16 heavy (non-hydrogen) atoms. The Labute approximate surface area is 108 Å². The van der Waals surface area contributed by atoms with Crippen molar-refractivity contribution >= 4 is 33.5 Å². The van der Waals surface area contributed by atoms with Crippen molar-refractivity contribution in [3.63, 3.8) is 0 Å². The van der Waals surface area contributed by atoms with Crippen molar-refractivity contribution in [3.8, 4) is 0 Å². The van der Waals surface area contributed by atoms with Crippen LogP contribution in [0.5, 0.6) is 0 Å². The zero-order valence-corrected chi connectivity index (χ0v) is 11.4. The third-order valence-corrected chi connectivity index (χ3v) is 4.62. The van der Waals surface area contributed by atoms with Crippen LogP contribution in [0, 0.1) is 0 Å². The van der Waals surface area contributed by atoms with Crippen LogP contribution in [-0.4, -0.2) is 36.4 Å². The second kappa shape index (κ2) is 4.55. The van der Waals surface area contributed by atoms with Gasteiger partial charge < -0.3 is 10.2 Å². The van der Waals surface area contributed by atoms with Crippen molar-refractivity contribution < 1.29 is 0 Å². The lowest BCUT2D eigenvalue weighted by molar-refractivity contribution is 0.465. The molecule has 3 heterocycles. The van der Waals surface area contributed by atoms with E-state index in [1.165, 1.54) is 22.9 Å². The molecule has 0 amide bonds. The van der Waals surface area contributed by atoms with Gasteiger partial charge in [-0.15, -0.1) is 11.8 Å². The molecule has 1 fully saturated rings. The predicted octanol–water partition coefficient (Wildman–Crippen LogP) is 2.12. The number of fused-ring (bicyclic) bond motifs is 3. The number of anilines is 1.